The lowest BCUT2D eigenvalue weighted by Gasteiger charge is -2.19. The van der Waals surface area contributed by atoms with E-state index < -0.39 is 5.91 Å². The van der Waals surface area contributed by atoms with E-state index in [4.69, 9.17) is 11.5 Å². The fraction of sp³-hybridized carbons (Fsp3) is 0.364. The summed E-state index contributed by atoms with van der Waals surface area (Å²) >= 11 is 1.61. The summed E-state index contributed by atoms with van der Waals surface area (Å²) in [5, 5.41) is 0. The van der Waals surface area contributed by atoms with Gasteiger partial charge in [0.05, 0.1) is 5.56 Å². The smallest absolute Gasteiger partial charge is 0.249 e. The van der Waals surface area contributed by atoms with Gasteiger partial charge in [0.15, 0.2) is 0 Å². The van der Waals surface area contributed by atoms with E-state index in [1.807, 2.05) is 6.07 Å². The summed E-state index contributed by atoms with van der Waals surface area (Å²) in [5.41, 5.74) is 12.0. The molecule has 3 nitrogen and oxygen atoms in total. The first-order valence-electron chi connectivity index (χ1n) is 4.68. The fourth-order valence-electron chi connectivity index (χ4n) is 1.16. The van der Waals surface area contributed by atoms with Gasteiger partial charge in [0.25, 0.3) is 0 Å². The molecule has 0 fully saturated rings. The molecule has 0 bridgehead atoms. The van der Waals surface area contributed by atoms with Crippen molar-refractivity contribution in [3.05, 3.63) is 23.8 Å². The predicted octanol–water partition coefficient (Wildman–Crippen LogP) is 2.26. The molecule has 1 aromatic carbocycles. The highest BCUT2D eigenvalue weighted by atomic mass is 32.2. The summed E-state index contributed by atoms with van der Waals surface area (Å²) in [6.07, 6.45) is 0. The number of hydrogen-bond acceptors (Lipinski definition) is 3. The Labute approximate surface area is 94.2 Å². The van der Waals surface area contributed by atoms with Crippen LogP contribution in [0.5, 0.6) is 0 Å². The Morgan fingerprint density at radius 3 is 2.40 bits per heavy atom. The van der Waals surface area contributed by atoms with Crippen LogP contribution in [0.2, 0.25) is 0 Å². The van der Waals surface area contributed by atoms with Gasteiger partial charge < -0.3 is 11.5 Å². The van der Waals surface area contributed by atoms with Gasteiger partial charge in [0.1, 0.15) is 0 Å². The lowest BCUT2D eigenvalue weighted by atomic mass is 10.2. The second kappa shape index (κ2) is 4.14. The number of rotatable bonds is 2. The third-order valence-corrected chi connectivity index (χ3v) is 2.87. The minimum atomic E-state index is -0.436. The van der Waals surface area contributed by atoms with Crippen LogP contribution in [0.15, 0.2) is 23.1 Å². The van der Waals surface area contributed by atoms with Gasteiger partial charge in [-0.15, -0.1) is 11.8 Å². The van der Waals surface area contributed by atoms with Gasteiger partial charge in [-0.25, -0.2) is 0 Å². The number of amides is 1. The Morgan fingerprint density at radius 2 is 1.93 bits per heavy atom. The van der Waals surface area contributed by atoms with E-state index >= 15 is 0 Å². The van der Waals surface area contributed by atoms with Gasteiger partial charge in [0, 0.05) is 15.3 Å². The number of carbonyl (C=O) groups is 1. The fourth-order valence-corrected chi connectivity index (χ4v) is 2.22. The highest BCUT2D eigenvalue weighted by Crippen LogP contribution is 2.34. The van der Waals surface area contributed by atoms with Crippen LogP contribution in [-0.2, 0) is 0 Å². The number of hydrogen-bond donors (Lipinski definition) is 2. The summed E-state index contributed by atoms with van der Waals surface area (Å²) in [6, 6.07) is 5.24. The first-order valence-corrected chi connectivity index (χ1v) is 5.49. The molecule has 15 heavy (non-hydrogen) atoms. The van der Waals surface area contributed by atoms with Gasteiger partial charge in [-0.05, 0) is 18.2 Å². The van der Waals surface area contributed by atoms with Crippen molar-refractivity contribution in [1.82, 2.24) is 0 Å². The number of nitrogen functional groups attached to an aromatic ring is 1. The van der Waals surface area contributed by atoms with E-state index in [2.05, 4.69) is 20.8 Å². The summed E-state index contributed by atoms with van der Waals surface area (Å²) in [6.45, 7) is 6.25. The predicted molar refractivity (Wildman–Crippen MR) is 65.0 cm³/mol. The van der Waals surface area contributed by atoms with Gasteiger partial charge in [-0.1, -0.05) is 20.8 Å². The van der Waals surface area contributed by atoms with Crippen molar-refractivity contribution in [3.8, 4) is 0 Å². The number of carbonyl (C=O) groups excluding carboxylic acids is 1. The molecular formula is C11H16N2OS. The molecule has 0 aliphatic rings. The Kier molecular flexibility index (Phi) is 3.29. The molecule has 0 aliphatic heterocycles. The number of thioether (sulfide) groups is 1. The average Bonchev–Trinajstić information content (AvgIpc) is 2.05. The number of anilines is 1. The maximum Gasteiger partial charge on any atom is 0.249 e. The van der Waals surface area contributed by atoms with E-state index in [1.165, 1.54) is 0 Å². The Morgan fingerprint density at radius 1 is 1.33 bits per heavy atom. The maximum absolute atomic E-state index is 11.2. The average molecular weight is 224 g/mol. The molecule has 0 aromatic heterocycles. The molecule has 1 rings (SSSR count). The van der Waals surface area contributed by atoms with Crippen molar-refractivity contribution in [2.24, 2.45) is 5.73 Å². The van der Waals surface area contributed by atoms with Crippen LogP contribution in [-0.4, -0.2) is 10.7 Å². The third-order valence-electron chi connectivity index (χ3n) is 1.69. The van der Waals surface area contributed by atoms with E-state index in [0.29, 0.717) is 11.3 Å². The molecule has 0 saturated heterocycles. The molecule has 1 amide bonds. The van der Waals surface area contributed by atoms with Crippen LogP contribution in [0.1, 0.15) is 31.1 Å². The largest absolute Gasteiger partial charge is 0.399 e. The van der Waals surface area contributed by atoms with Gasteiger partial charge in [-0.3, -0.25) is 4.79 Å². The van der Waals surface area contributed by atoms with Crippen LogP contribution < -0.4 is 11.5 Å². The minimum absolute atomic E-state index is 0.0420. The number of benzene rings is 1. The molecule has 0 spiro atoms. The van der Waals surface area contributed by atoms with E-state index in [0.717, 1.165) is 4.90 Å². The molecule has 0 saturated carbocycles. The zero-order valence-electron chi connectivity index (χ0n) is 9.20. The molecule has 0 unspecified atom stereocenters. The first-order chi connectivity index (χ1) is 6.79. The topological polar surface area (TPSA) is 69.1 Å². The maximum atomic E-state index is 11.2. The minimum Gasteiger partial charge on any atom is -0.399 e. The van der Waals surface area contributed by atoms with Gasteiger partial charge in [0.2, 0.25) is 5.91 Å². The summed E-state index contributed by atoms with van der Waals surface area (Å²) in [4.78, 5) is 12.1. The van der Waals surface area contributed by atoms with Gasteiger partial charge >= 0.3 is 0 Å². The summed E-state index contributed by atoms with van der Waals surface area (Å²) < 4.78 is 0.0420. The molecule has 0 heterocycles. The van der Waals surface area contributed by atoms with Crippen LogP contribution in [0, 0.1) is 0 Å². The first kappa shape index (κ1) is 11.9. The van der Waals surface area contributed by atoms with Crippen molar-refractivity contribution in [2.75, 3.05) is 5.73 Å². The van der Waals surface area contributed by atoms with Crippen molar-refractivity contribution < 1.29 is 4.79 Å². The molecular weight excluding hydrogens is 208 g/mol. The van der Waals surface area contributed by atoms with Crippen LogP contribution in [0.4, 0.5) is 5.69 Å². The molecule has 0 aliphatic carbocycles. The molecule has 1 aromatic rings. The normalized spacial score (nSPS) is 11.4. The second-order valence-electron chi connectivity index (χ2n) is 4.33. The van der Waals surface area contributed by atoms with Crippen molar-refractivity contribution in [3.63, 3.8) is 0 Å². The standard InChI is InChI=1S/C11H16N2OS/c1-11(2,3)15-9-5-4-7(12)6-8(9)10(13)14/h4-6H,12H2,1-3H3,(H2,13,14). The molecule has 4 N–H and O–H groups in total. The lowest BCUT2D eigenvalue weighted by Crippen LogP contribution is -2.15. The van der Waals surface area contributed by atoms with Crippen LogP contribution >= 0.6 is 11.8 Å². The van der Waals surface area contributed by atoms with Gasteiger partial charge in [-0.2, -0.15) is 0 Å². The zero-order valence-corrected chi connectivity index (χ0v) is 10.0. The highest BCUT2D eigenvalue weighted by molar-refractivity contribution is 8.00. The molecule has 0 atom stereocenters. The quantitative estimate of drug-likeness (QED) is 0.598. The highest BCUT2D eigenvalue weighted by Gasteiger charge is 2.17. The van der Waals surface area contributed by atoms with E-state index in [1.54, 1.807) is 23.9 Å². The Hall–Kier alpha value is -1.16. The van der Waals surface area contributed by atoms with E-state index in [9.17, 15) is 4.79 Å². The van der Waals surface area contributed by atoms with Crippen molar-refractivity contribution >= 4 is 23.4 Å². The van der Waals surface area contributed by atoms with Crippen molar-refractivity contribution in [2.45, 2.75) is 30.4 Å². The van der Waals surface area contributed by atoms with E-state index in [-0.39, 0.29) is 4.75 Å². The SMILES string of the molecule is CC(C)(C)Sc1ccc(N)cc1C(N)=O. The third kappa shape index (κ3) is 3.47. The number of nitrogens with two attached hydrogens (primary N) is 2. The lowest BCUT2D eigenvalue weighted by molar-refractivity contribution is 0.0997. The Bertz CT molecular complexity index is 383. The molecule has 4 heteroatoms. The second-order valence-corrected chi connectivity index (χ2v) is 6.20. The monoisotopic (exact) mass is 224 g/mol. The molecule has 82 valence electrons. The summed E-state index contributed by atoms with van der Waals surface area (Å²) in [7, 11) is 0. The zero-order chi connectivity index (χ0) is 11.6. The summed E-state index contributed by atoms with van der Waals surface area (Å²) in [5.74, 6) is -0.436. The van der Waals surface area contributed by atoms with Crippen LogP contribution in [0.25, 0.3) is 0 Å². The number of primary amides is 1. The van der Waals surface area contributed by atoms with Crippen molar-refractivity contribution in [1.29, 1.82) is 0 Å². The van der Waals surface area contributed by atoms with Crippen LogP contribution in [0.3, 0.4) is 0 Å². The molecule has 0 radical (unpaired) electrons. The Balaban J connectivity index is 3.12.